The van der Waals surface area contributed by atoms with E-state index < -0.39 is 0 Å². The van der Waals surface area contributed by atoms with Crippen molar-refractivity contribution in [2.45, 2.75) is 26.9 Å². The minimum atomic E-state index is -0.288. The predicted molar refractivity (Wildman–Crippen MR) is 109 cm³/mol. The molecule has 0 aliphatic rings. The van der Waals surface area contributed by atoms with Crippen LogP contribution in [0.3, 0.4) is 0 Å². The zero-order valence-corrected chi connectivity index (χ0v) is 16.4. The van der Waals surface area contributed by atoms with Crippen molar-refractivity contribution >= 4 is 0 Å². The fraction of sp³-hybridized carbons (Fsp3) is 0.182. The second-order valence-corrected chi connectivity index (χ2v) is 6.92. The van der Waals surface area contributed by atoms with Crippen molar-refractivity contribution < 1.29 is 9.26 Å². The summed E-state index contributed by atoms with van der Waals surface area (Å²) in [6, 6.07) is 16.6. The van der Waals surface area contributed by atoms with Gasteiger partial charge in [-0.1, -0.05) is 22.9 Å². The fourth-order valence-corrected chi connectivity index (χ4v) is 2.79. The molecule has 0 unspecified atom stereocenters. The van der Waals surface area contributed by atoms with Crippen molar-refractivity contribution in [2.75, 3.05) is 0 Å². The smallest absolute Gasteiger partial charge is 0.282 e. The van der Waals surface area contributed by atoms with E-state index in [2.05, 4.69) is 15.2 Å². The van der Waals surface area contributed by atoms with Crippen LogP contribution in [-0.2, 0) is 0 Å². The first-order valence-electron chi connectivity index (χ1n) is 9.28. The van der Waals surface area contributed by atoms with Crippen molar-refractivity contribution in [3.8, 4) is 34.4 Å². The van der Waals surface area contributed by atoms with E-state index in [9.17, 15) is 4.79 Å². The molecular weight excluding hydrogens is 368 g/mol. The molecular formula is C22H20N4O3. The SMILES string of the molecule is Cc1ccc(-n2ccc(=O)c(-c3nc(-c4ccc(OC(C)C)cc4)no3)n2)cc1. The molecule has 0 saturated carbocycles. The highest BCUT2D eigenvalue weighted by atomic mass is 16.5. The van der Waals surface area contributed by atoms with Crippen molar-refractivity contribution in [3.63, 3.8) is 0 Å². The van der Waals surface area contributed by atoms with Crippen LogP contribution in [0.1, 0.15) is 19.4 Å². The van der Waals surface area contributed by atoms with Gasteiger partial charge in [-0.2, -0.15) is 10.1 Å². The largest absolute Gasteiger partial charge is 0.491 e. The van der Waals surface area contributed by atoms with Gasteiger partial charge >= 0.3 is 0 Å². The van der Waals surface area contributed by atoms with Gasteiger partial charge in [0, 0.05) is 17.8 Å². The van der Waals surface area contributed by atoms with Gasteiger partial charge in [-0.05, 0) is 57.2 Å². The lowest BCUT2D eigenvalue weighted by molar-refractivity contribution is 0.242. The van der Waals surface area contributed by atoms with E-state index in [1.807, 2.05) is 69.3 Å². The molecule has 7 nitrogen and oxygen atoms in total. The Hall–Kier alpha value is -3.74. The number of hydrogen-bond donors (Lipinski definition) is 0. The standard InChI is InChI=1S/C22H20N4O3/c1-14(2)28-18-10-6-16(7-11-18)21-23-22(29-25-21)20-19(27)12-13-26(24-20)17-8-4-15(3)5-9-17/h4-14H,1-3H3. The van der Waals surface area contributed by atoms with Crippen LogP contribution in [-0.4, -0.2) is 26.0 Å². The van der Waals surface area contributed by atoms with Gasteiger partial charge in [-0.25, -0.2) is 4.68 Å². The predicted octanol–water partition coefficient (Wildman–Crippen LogP) is 4.05. The first-order chi connectivity index (χ1) is 14.0. The van der Waals surface area contributed by atoms with Gasteiger partial charge in [0.25, 0.3) is 5.89 Å². The monoisotopic (exact) mass is 388 g/mol. The lowest BCUT2D eigenvalue weighted by atomic mass is 10.2. The molecule has 0 amide bonds. The van der Waals surface area contributed by atoms with E-state index in [0.29, 0.717) is 5.82 Å². The molecule has 0 fully saturated rings. The van der Waals surface area contributed by atoms with Crippen molar-refractivity contribution in [1.82, 2.24) is 19.9 Å². The third-order valence-electron chi connectivity index (χ3n) is 4.22. The first kappa shape index (κ1) is 18.6. The van der Waals surface area contributed by atoms with E-state index in [0.717, 1.165) is 22.6 Å². The minimum Gasteiger partial charge on any atom is -0.491 e. The number of ether oxygens (including phenoxy) is 1. The molecule has 0 bridgehead atoms. The third-order valence-corrected chi connectivity index (χ3v) is 4.22. The molecule has 4 aromatic rings. The van der Waals surface area contributed by atoms with Crippen molar-refractivity contribution in [2.24, 2.45) is 0 Å². The Morgan fingerprint density at radius 1 is 1.00 bits per heavy atom. The average Bonchev–Trinajstić information content (AvgIpc) is 3.19. The van der Waals surface area contributed by atoms with Crippen LogP contribution < -0.4 is 10.2 Å². The normalized spacial score (nSPS) is 11.0. The van der Waals surface area contributed by atoms with Crippen LogP contribution in [0.25, 0.3) is 28.7 Å². The van der Waals surface area contributed by atoms with Gasteiger partial charge in [-0.3, -0.25) is 4.79 Å². The van der Waals surface area contributed by atoms with Crippen LogP contribution in [0.15, 0.2) is 70.1 Å². The number of aryl methyl sites for hydroxylation is 1. The highest BCUT2D eigenvalue weighted by Crippen LogP contribution is 2.22. The number of nitrogens with zero attached hydrogens (tertiary/aromatic N) is 4. The van der Waals surface area contributed by atoms with E-state index >= 15 is 0 Å². The maximum Gasteiger partial charge on any atom is 0.282 e. The summed E-state index contributed by atoms with van der Waals surface area (Å²) in [6.45, 7) is 5.95. The Kier molecular flexibility index (Phi) is 4.95. The molecule has 146 valence electrons. The Labute approximate surface area is 167 Å². The Morgan fingerprint density at radius 3 is 2.41 bits per heavy atom. The van der Waals surface area contributed by atoms with E-state index in [1.165, 1.54) is 6.07 Å². The molecule has 0 aliphatic carbocycles. The Balaban J connectivity index is 1.65. The molecule has 0 spiro atoms. The molecule has 2 heterocycles. The summed E-state index contributed by atoms with van der Waals surface area (Å²) in [5.74, 6) is 1.22. The Bertz CT molecular complexity index is 1180. The number of benzene rings is 2. The van der Waals surface area contributed by atoms with Crippen LogP contribution in [0, 0.1) is 6.92 Å². The van der Waals surface area contributed by atoms with Crippen LogP contribution in [0.5, 0.6) is 5.75 Å². The minimum absolute atomic E-state index is 0.0777. The summed E-state index contributed by atoms with van der Waals surface area (Å²) in [5.41, 5.74) is 2.54. The Morgan fingerprint density at radius 2 is 1.72 bits per heavy atom. The van der Waals surface area contributed by atoms with E-state index in [-0.39, 0.29) is 23.1 Å². The van der Waals surface area contributed by atoms with Crippen LogP contribution in [0.2, 0.25) is 0 Å². The van der Waals surface area contributed by atoms with Gasteiger partial charge in [-0.15, -0.1) is 0 Å². The van der Waals surface area contributed by atoms with E-state index in [4.69, 9.17) is 9.26 Å². The zero-order valence-electron chi connectivity index (χ0n) is 16.4. The first-order valence-corrected chi connectivity index (χ1v) is 9.28. The number of hydrogen-bond acceptors (Lipinski definition) is 6. The molecule has 0 saturated heterocycles. The van der Waals surface area contributed by atoms with Crippen LogP contribution >= 0.6 is 0 Å². The lowest BCUT2D eigenvalue weighted by Crippen LogP contribution is -2.12. The summed E-state index contributed by atoms with van der Waals surface area (Å²) in [6.07, 6.45) is 1.71. The van der Waals surface area contributed by atoms with E-state index in [1.54, 1.807) is 10.9 Å². The molecule has 0 radical (unpaired) electrons. The fourth-order valence-electron chi connectivity index (χ4n) is 2.79. The quantitative estimate of drug-likeness (QED) is 0.513. The second kappa shape index (κ2) is 7.71. The summed E-state index contributed by atoms with van der Waals surface area (Å²) in [7, 11) is 0. The van der Waals surface area contributed by atoms with Gasteiger partial charge in [0.15, 0.2) is 5.69 Å². The molecule has 7 heteroatoms. The lowest BCUT2D eigenvalue weighted by Gasteiger charge is -2.09. The molecule has 4 rings (SSSR count). The summed E-state index contributed by atoms with van der Waals surface area (Å²) < 4.78 is 12.6. The van der Waals surface area contributed by atoms with Crippen molar-refractivity contribution in [1.29, 1.82) is 0 Å². The highest BCUT2D eigenvalue weighted by molar-refractivity contribution is 5.58. The molecule has 0 aliphatic heterocycles. The average molecular weight is 388 g/mol. The molecule has 2 aromatic carbocycles. The maximum atomic E-state index is 12.3. The van der Waals surface area contributed by atoms with Crippen molar-refractivity contribution in [3.05, 3.63) is 76.6 Å². The number of aromatic nitrogens is 4. The zero-order chi connectivity index (χ0) is 20.4. The third kappa shape index (κ3) is 4.08. The summed E-state index contributed by atoms with van der Waals surface area (Å²) >= 11 is 0. The maximum absolute atomic E-state index is 12.3. The second-order valence-electron chi connectivity index (χ2n) is 6.92. The summed E-state index contributed by atoms with van der Waals surface area (Å²) in [4.78, 5) is 16.7. The molecule has 0 atom stereocenters. The van der Waals surface area contributed by atoms with Gasteiger partial charge in [0.1, 0.15) is 5.75 Å². The molecule has 0 N–H and O–H groups in total. The van der Waals surface area contributed by atoms with Crippen LogP contribution in [0.4, 0.5) is 0 Å². The van der Waals surface area contributed by atoms with Gasteiger partial charge in [0.05, 0.1) is 11.8 Å². The van der Waals surface area contributed by atoms with Gasteiger partial charge in [0.2, 0.25) is 11.3 Å². The highest BCUT2D eigenvalue weighted by Gasteiger charge is 2.16. The molecule has 29 heavy (non-hydrogen) atoms. The topological polar surface area (TPSA) is 83.0 Å². The van der Waals surface area contributed by atoms with Gasteiger partial charge < -0.3 is 9.26 Å². The summed E-state index contributed by atoms with van der Waals surface area (Å²) in [5, 5.41) is 8.38. The number of rotatable bonds is 5. The molecule has 2 aromatic heterocycles.